The lowest BCUT2D eigenvalue weighted by Gasteiger charge is -2.21. The lowest BCUT2D eigenvalue weighted by Crippen LogP contribution is -2.40. The highest BCUT2D eigenvalue weighted by atomic mass is 16.6. The number of nitro benzene ring substituents is 1. The summed E-state index contributed by atoms with van der Waals surface area (Å²) in [6.45, 7) is 0.329. The number of amides is 1. The maximum absolute atomic E-state index is 12.3. The molecule has 0 aliphatic carbocycles. The Kier molecular flexibility index (Phi) is 4.06. The first-order valence-corrected chi connectivity index (χ1v) is 6.32. The second-order valence-electron chi connectivity index (χ2n) is 4.64. The van der Waals surface area contributed by atoms with E-state index in [1.807, 2.05) is 0 Å². The van der Waals surface area contributed by atoms with Crippen molar-refractivity contribution in [3.8, 4) is 5.75 Å². The maximum Gasteiger partial charge on any atom is 0.326 e. The molecule has 8 nitrogen and oxygen atoms in total. The van der Waals surface area contributed by atoms with E-state index in [2.05, 4.69) is 0 Å². The van der Waals surface area contributed by atoms with Crippen molar-refractivity contribution < 1.29 is 24.4 Å². The number of aliphatic carboxylic acids is 1. The van der Waals surface area contributed by atoms with E-state index in [9.17, 15) is 19.7 Å². The minimum absolute atomic E-state index is 0.0488. The molecule has 112 valence electrons. The van der Waals surface area contributed by atoms with Gasteiger partial charge >= 0.3 is 11.7 Å². The van der Waals surface area contributed by atoms with Gasteiger partial charge in [0.1, 0.15) is 6.04 Å². The SMILES string of the molecule is COc1ccc(C(=O)N2CCCC2C(=O)O)cc1[N+](=O)[O-]. The molecule has 0 aromatic heterocycles. The van der Waals surface area contributed by atoms with Crippen LogP contribution in [0.1, 0.15) is 23.2 Å². The molecule has 0 radical (unpaired) electrons. The van der Waals surface area contributed by atoms with Gasteiger partial charge in [-0.15, -0.1) is 0 Å². The molecule has 1 saturated heterocycles. The molecule has 1 aromatic carbocycles. The Hall–Kier alpha value is -2.64. The third-order valence-corrected chi connectivity index (χ3v) is 3.42. The third-order valence-electron chi connectivity index (χ3n) is 3.42. The topological polar surface area (TPSA) is 110 Å². The van der Waals surface area contributed by atoms with Crippen molar-refractivity contribution in [2.45, 2.75) is 18.9 Å². The number of nitro groups is 1. The zero-order valence-electron chi connectivity index (χ0n) is 11.3. The van der Waals surface area contributed by atoms with Gasteiger partial charge in [-0.25, -0.2) is 4.79 Å². The second-order valence-corrected chi connectivity index (χ2v) is 4.64. The van der Waals surface area contributed by atoms with E-state index in [0.717, 1.165) is 6.07 Å². The van der Waals surface area contributed by atoms with Gasteiger partial charge in [0.25, 0.3) is 5.91 Å². The smallest absolute Gasteiger partial charge is 0.326 e. The standard InChI is InChI=1S/C13H14N2O6/c1-21-11-5-4-8(7-10(11)15(19)20)12(16)14-6-2-3-9(14)13(17)18/h4-5,7,9H,2-3,6H2,1H3,(H,17,18). The summed E-state index contributed by atoms with van der Waals surface area (Å²) in [4.78, 5) is 35.0. The van der Waals surface area contributed by atoms with Gasteiger partial charge in [-0.1, -0.05) is 0 Å². The molecular weight excluding hydrogens is 280 g/mol. The number of carboxylic acids is 1. The van der Waals surface area contributed by atoms with Crippen LogP contribution in [0, 0.1) is 10.1 Å². The van der Waals surface area contributed by atoms with E-state index in [0.29, 0.717) is 19.4 Å². The monoisotopic (exact) mass is 294 g/mol. The number of likely N-dealkylation sites (tertiary alicyclic amines) is 1. The summed E-state index contributed by atoms with van der Waals surface area (Å²) in [7, 11) is 1.30. The predicted molar refractivity (Wildman–Crippen MR) is 71.3 cm³/mol. The number of nitrogens with zero attached hydrogens (tertiary/aromatic N) is 2. The first kappa shape index (κ1) is 14.8. The molecule has 2 rings (SSSR count). The van der Waals surface area contributed by atoms with E-state index < -0.39 is 22.8 Å². The summed E-state index contributed by atoms with van der Waals surface area (Å²) < 4.78 is 4.87. The summed E-state index contributed by atoms with van der Waals surface area (Å²) in [5.41, 5.74) is -0.245. The van der Waals surface area contributed by atoms with Crippen LogP contribution in [0.2, 0.25) is 0 Å². The van der Waals surface area contributed by atoms with E-state index in [1.165, 1.54) is 24.1 Å². The van der Waals surface area contributed by atoms with Gasteiger partial charge in [0.2, 0.25) is 0 Å². The predicted octanol–water partition coefficient (Wildman–Crippen LogP) is 1.29. The molecule has 1 fully saturated rings. The van der Waals surface area contributed by atoms with Crippen molar-refractivity contribution in [3.05, 3.63) is 33.9 Å². The minimum atomic E-state index is -1.07. The van der Waals surface area contributed by atoms with Crippen molar-refractivity contribution in [1.82, 2.24) is 4.90 Å². The molecule has 0 bridgehead atoms. The zero-order valence-corrected chi connectivity index (χ0v) is 11.3. The molecule has 1 aliphatic rings. The van der Waals surface area contributed by atoms with Crippen LogP contribution in [0.5, 0.6) is 5.75 Å². The number of rotatable bonds is 4. The van der Waals surface area contributed by atoms with Crippen LogP contribution in [-0.4, -0.2) is 46.5 Å². The van der Waals surface area contributed by atoms with Crippen LogP contribution in [0.3, 0.4) is 0 Å². The van der Waals surface area contributed by atoms with E-state index in [4.69, 9.17) is 9.84 Å². The highest BCUT2D eigenvalue weighted by Gasteiger charge is 2.35. The van der Waals surface area contributed by atoms with Gasteiger partial charge in [-0.3, -0.25) is 14.9 Å². The Labute approximate surface area is 120 Å². The van der Waals surface area contributed by atoms with E-state index in [1.54, 1.807) is 0 Å². The molecule has 0 spiro atoms. The molecule has 1 N–H and O–H groups in total. The van der Waals surface area contributed by atoms with Crippen LogP contribution in [0.15, 0.2) is 18.2 Å². The van der Waals surface area contributed by atoms with Crippen molar-refractivity contribution in [1.29, 1.82) is 0 Å². The fraction of sp³-hybridized carbons (Fsp3) is 0.385. The molecule has 1 heterocycles. The Morgan fingerprint density at radius 2 is 2.19 bits per heavy atom. The fourth-order valence-electron chi connectivity index (χ4n) is 2.40. The fourth-order valence-corrected chi connectivity index (χ4v) is 2.40. The minimum Gasteiger partial charge on any atom is -0.490 e. The summed E-state index contributed by atoms with van der Waals surface area (Å²) >= 11 is 0. The van der Waals surface area contributed by atoms with Crippen LogP contribution < -0.4 is 4.74 Å². The highest BCUT2D eigenvalue weighted by molar-refractivity contribution is 5.97. The normalized spacial score (nSPS) is 17.6. The Bertz CT molecular complexity index is 600. The van der Waals surface area contributed by atoms with Gasteiger partial charge in [-0.2, -0.15) is 0 Å². The number of methoxy groups -OCH3 is 1. The number of hydrogen-bond donors (Lipinski definition) is 1. The van der Waals surface area contributed by atoms with E-state index >= 15 is 0 Å². The highest BCUT2D eigenvalue weighted by Crippen LogP contribution is 2.29. The molecule has 1 atom stereocenters. The second kappa shape index (κ2) is 5.78. The van der Waals surface area contributed by atoms with E-state index in [-0.39, 0.29) is 17.0 Å². The Morgan fingerprint density at radius 1 is 1.48 bits per heavy atom. The average Bonchev–Trinajstić information content (AvgIpc) is 2.95. The molecule has 1 aliphatic heterocycles. The zero-order chi connectivity index (χ0) is 15.6. The Morgan fingerprint density at radius 3 is 2.76 bits per heavy atom. The van der Waals surface area contributed by atoms with Crippen molar-refractivity contribution in [3.63, 3.8) is 0 Å². The average molecular weight is 294 g/mol. The summed E-state index contributed by atoms with van der Waals surface area (Å²) in [6, 6.07) is 2.96. The largest absolute Gasteiger partial charge is 0.490 e. The van der Waals surface area contributed by atoms with Gasteiger partial charge < -0.3 is 14.7 Å². The number of ether oxygens (including phenoxy) is 1. The van der Waals surface area contributed by atoms with Crippen LogP contribution >= 0.6 is 0 Å². The number of carbonyl (C=O) groups is 2. The van der Waals surface area contributed by atoms with Crippen LogP contribution in [-0.2, 0) is 4.79 Å². The number of hydrogen-bond acceptors (Lipinski definition) is 5. The number of benzene rings is 1. The summed E-state index contributed by atoms with van der Waals surface area (Å²) in [5, 5.41) is 20.0. The van der Waals surface area contributed by atoms with Crippen molar-refractivity contribution in [2.24, 2.45) is 0 Å². The molecule has 1 amide bonds. The van der Waals surface area contributed by atoms with Crippen molar-refractivity contribution in [2.75, 3.05) is 13.7 Å². The van der Waals surface area contributed by atoms with Crippen LogP contribution in [0.25, 0.3) is 0 Å². The lowest BCUT2D eigenvalue weighted by molar-refractivity contribution is -0.385. The molecule has 0 saturated carbocycles. The molecule has 8 heteroatoms. The lowest BCUT2D eigenvalue weighted by atomic mass is 10.1. The molecule has 1 aromatic rings. The van der Waals surface area contributed by atoms with Gasteiger partial charge in [-0.05, 0) is 25.0 Å². The first-order valence-electron chi connectivity index (χ1n) is 6.32. The maximum atomic E-state index is 12.3. The van der Waals surface area contributed by atoms with Gasteiger partial charge in [0, 0.05) is 18.2 Å². The van der Waals surface area contributed by atoms with Gasteiger partial charge in [0.15, 0.2) is 5.75 Å². The summed E-state index contributed by atoms with van der Waals surface area (Å²) in [6.07, 6.45) is 0.986. The molecule has 1 unspecified atom stereocenters. The molecular formula is C13H14N2O6. The summed E-state index contributed by atoms with van der Waals surface area (Å²) in [5.74, 6) is -1.54. The quantitative estimate of drug-likeness (QED) is 0.662. The first-order chi connectivity index (χ1) is 9.95. The number of carboxylic acid groups (broad SMARTS) is 1. The molecule has 21 heavy (non-hydrogen) atoms. The van der Waals surface area contributed by atoms with Crippen LogP contribution in [0.4, 0.5) is 5.69 Å². The Balaban J connectivity index is 2.33. The number of carbonyl (C=O) groups excluding carboxylic acids is 1. The van der Waals surface area contributed by atoms with Crippen molar-refractivity contribution >= 4 is 17.6 Å². The van der Waals surface area contributed by atoms with Gasteiger partial charge in [0.05, 0.1) is 12.0 Å². The third kappa shape index (κ3) is 2.78.